The molecule has 1 aromatic carbocycles. The molecule has 0 radical (unpaired) electrons. The number of carboxylic acids is 1. The molecule has 2 rings (SSSR count). The van der Waals surface area contributed by atoms with Gasteiger partial charge in [0, 0.05) is 24.6 Å². The molecule has 0 unspecified atom stereocenters. The number of hydrogen-bond acceptors (Lipinski definition) is 4. The molecule has 19 heavy (non-hydrogen) atoms. The maximum absolute atomic E-state index is 11.9. The summed E-state index contributed by atoms with van der Waals surface area (Å²) in [6.07, 6.45) is 0. The van der Waals surface area contributed by atoms with E-state index in [0.717, 1.165) is 12.1 Å². The largest absolute Gasteiger partial charge is 0.503 e. The Bertz CT molecular complexity index is 825. The van der Waals surface area contributed by atoms with Gasteiger partial charge in [-0.25, -0.2) is 4.79 Å². The predicted octanol–water partition coefficient (Wildman–Crippen LogP) is 1.06. The van der Waals surface area contributed by atoms with Crippen LogP contribution in [0.1, 0.15) is 10.5 Å². The number of carboxylic acid groups (broad SMARTS) is 1. The molecular formula is C12H8BrNO5. The second-order valence-electron chi connectivity index (χ2n) is 3.91. The zero-order valence-electron chi connectivity index (χ0n) is 9.68. The smallest absolute Gasteiger partial charge is 0.352 e. The van der Waals surface area contributed by atoms with Crippen LogP contribution in [0.2, 0.25) is 0 Å². The third kappa shape index (κ3) is 2.12. The molecule has 2 N–H and O–H groups in total. The molecule has 2 aromatic rings. The highest BCUT2D eigenvalue weighted by Crippen LogP contribution is 2.22. The van der Waals surface area contributed by atoms with Gasteiger partial charge in [0.15, 0.2) is 11.2 Å². The molecule has 1 aromatic heterocycles. The summed E-state index contributed by atoms with van der Waals surface area (Å²) in [5, 5.41) is 18.6. The fraction of sp³-hybridized carbons (Fsp3) is 0.0833. The summed E-state index contributed by atoms with van der Waals surface area (Å²) in [6, 6.07) is 3.26. The van der Waals surface area contributed by atoms with E-state index in [9.17, 15) is 19.5 Å². The van der Waals surface area contributed by atoms with Crippen molar-refractivity contribution < 1.29 is 15.0 Å². The van der Waals surface area contributed by atoms with E-state index in [4.69, 9.17) is 5.11 Å². The third-order valence-corrected chi connectivity index (χ3v) is 3.35. The lowest BCUT2D eigenvalue weighted by molar-refractivity contribution is 0.0686. The number of rotatable bonds is 1. The summed E-state index contributed by atoms with van der Waals surface area (Å²) in [5.74, 6) is -1.79. The predicted molar refractivity (Wildman–Crippen MR) is 71.8 cm³/mol. The van der Waals surface area contributed by atoms with Crippen molar-refractivity contribution in [2.24, 2.45) is 7.05 Å². The zero-order valence-corrected chi connectivity index (χ0v) is 11.3. The van der Waals surface area contributed by atoms with E-state index < -0.39 is 22.6 Å². The van der Waals surface area contributed by atoms with Crippen molar-refractivity contribution in [1.29, 1.82) is 0 Å². The van der Waals surface area contributed by atoms with E-state index in [2.05, 4.69) is 15.9 Å². The number of nitrogens with zero attached hydrogens (tertiary/aromatic N) is 1. The van der Waals surface area contributed by atoms with Gasteiger partial charge in [-0.1, -0.05) is 0 Å². The van der Waals surface area contributed by atoms with Gasteiger partial charge in [-0.3, -0.25) is 9.59 Å². The standard InChI is InChI=1S/C12H8BrNO5/c1-14-7-3-6(13)11(17)10(16)2-5(7)9(15)4-8(14)12(18)19/h2-4H,1H3,(H,16,17)(H,18,19). The number of carbonyl (C=O) groups is 1. The quantitative estimate of drug-likeness (QED) is 0.817. The third-order valence-electron chi connectivity index (χ3n) is 2.75. The Kier molecular flexibility index (Phi) is 3.15. The van der Waals surface area contributed by atoms with Crippen LogP contribution in [0, 0.1) is 0 Å². The number of aromatic carboxylic acids is 1. The van der Waals surface area contributed by atoms with E-state index in [1.807, 2.05) is 0 Å². The molecule has 0 aliphatic carbocycles. The summed E-state index contributed by atoms with van der Waals surface area (Å²) in [7, 11) is 1.46. The van der Waals surface area contributed by atoms with Crippen LogP contribution in [0.25, 0.3) is 10.9 Å². The average molecular weight is 326 g/mol. The molecule has 0 fully saturated rings. The first kappa shape index (κ1) is 13.3. The lowest BCUT2D eigenvalue weighted by atomic mass is 10.2. The van der Waals surface area contributed by atoms with Gasteiger partial charge in [-0.05, 0) is 22.0 Å². The minimum absolute atomic E-state index is 0.0403. The number of aromatic nitrogens is 1. The number of aryl methyl sites for hydroxylation is 1. The lowest BCUT2D eigenvalue weighted by Crippen LogP contribution is -2.15. The topological polar surface area (TPSA) is 96.6 Å². The molecule has 0 saturated carbocycles. The summed E-state index contributed by atoms with van der Waals surface area (Å²) in [6.45, 7) is 0. The average Bonchev–Trinajstić information content (AvgIpc) is 2.45. The Labute approximate surface area is 114 Å². The molecule has 0 aliphatic rings. The van der Waals surface area contributed by atoms with Crippen molar-refractivity contribution >= 4 is 32.8 Å². The molecule has 0 bridgehead atoms. The summed E-state index contributed by atoms with van der Waals surface area (Å²) >= 11 is 3.00. The van der Waals surface area contributed by atoms with Gasteiger partial charge in [0.25, 0.3) is 0 Å². The monoisotopic (exact) mass is 325 g/mol. The van der Waals surface area contributed by atoms with Gasteiger partial charge in [0.1, 0.15) is 5.69 Å². The summed E-state index contributed by atoms with van der Waals surface area (Å²) in [5.41, 5.74) is -1.29. The second kappa shape index (κ2) is 4.51. The molecule has 98 valence electrons. The van der Waals surface area contributed by atoms with Crippen molar-refractivity contribution in [3.63, 3.8) is 0 Å². The second-order valence-corrected chi connectivity index (χ2v) is 4.76. The first-order valence-electron chi connectivity index (χ1n) is 5.13. The highest BCUT2D eigenvalue weighted by molar-refractivity contribution is 9.10. The van der Waals surface area contributed by atoms with Crippen LogP contribution in [0.4, 0.5) is 0 Å². The molecular weight excluding hydrogens is 318 g/mol. The Morgan fingerprint density at radius 1 is 1.21 bits per heavy atom. The Morgan fingerprint density at radius 2 is 1.84 bits per heavy atom. The number of pyridine rings is 1. The number of fused-ring (bicyclic) bond motifs is 1. The fourth-order valence-corrected chi connectivity index (χ4v) is 2.18. The van der Waals surface area contributed by atoms with Crippen molar-refractivity contribution in [1.82, 2.24) is 4.57 Å². The van der Waals surface area contributed by atoms with Crippen LogP contribution in [-0.4, -0.2) is 20.7 Å². The molecule has 0 aliphatic heterocycles. The van der Waals surface area contributed by atoms with Crippen LogP contribution in [0.5, 0.6) is 5.75 Å². The van der Waals surface area contributed by atoms with Gasteiger partial charge >= 0.3 is 5.97 Å². The van der Waals surface area contributed by atoms with Crippen LogP contribution >= 0.6 is 15.9 Å². The zero-order chi connectivity index (χ0) is 14.3. The molecule has 6 nitrogen and oxygen atoms in total. The van der Waals surface area contributed by atoms with Gasteiger partial charge in [0.2, 0.25) is 5.43 Å². The normalized spacial score (nSPS) is 10.6. The summed E-state index contributed by atoms with van der Waals surface area (Å²) in [4.78, 5) is 34.5. The number of halogens is 1. The van der Waals surface area contributed by atoms with E-state index in [-0.39, 0.29) is 21.1 Å². The Hall–Kier alpha value is -2.15. The minimum atomic E-state index is -1.25. The van der Waals surface area contributed by atoms with Gasteiger partial charge in [0.05, 0.1) is 9.99 Å². The maximum atomic E-state index is 11.9. The summed E-state index contributed by atoms with van der Waals surface area (Å²) < 4.78 is 1.35. The van der Waals surface area contributed by atoms with E-state index >= 15 is 0 Å². The highest BCUT2D eigenvalue weighted by atomic mass is 79.9. The van der Waals surface area contributed by atoms with Gasteiger partial charge in [-0.2, -0.15) is 0 Å². The lowest BCUT2D eigenvalue weighted by Gasteiger charge is -2.06. The Balaban J connectivity index is 3.15. The van der Waals surface area contributed by atoms with Gasteiger partial charge in [-0.15, -0.1) is 0 Å². The van der Waals surface area contributed by atoms with Gasteiger partial charge < -0.3 is 14.8 Å². The molecule has 0 spiro atoms. The number of aromatic hydroxyl groups is 1. The van der Waals surface area contributed by atoms with Crippen LogP contribution in [-0.2, 0) is 7.05 Å². The Morgan fingerprint density at radius 3 is 2.42 bits per heavy atom. The van der Waals surface area contributed by atoms with Crippen LogP contribution < -0.4 is 10.9 Å². The van der Waals surface area contributed by atoms with E-state index in [1.165, 1.54) is 17.7 Å². The highest BCUT2D eigenvalue weighted by Gasteiger charge is 2.13. The van der Waals surface area contributed by atoms with Crippen LogP contribution in [0.3, 0.4) is 0 Å². The fourth-order valence-electron chi connectivity index (χ4n) is 1.77. The van der Waals surface area contributed by atoms with E-state index in [1.54, 1.807) is 0 Å². The van der Waals surface area contributed by atoms with Crippen LogP contribution in [0.15, 0.2) is 32.3 Å². The van der Waals surface area contributed by atoms with Crippen molar-refractivity contribution in [2.75, 3.05) is 0 Å². The van der Waals surface area contributed by atoms with Crippen molar-refractivity contribution in [3.05, 3.63) is 48.8 Å². The van der Waals surface area contributed by atoms with E-state index in [0.29, 0.717) is 0 Å². The number of hydrogen-bond donors (Lipinski definition) is 2. The first-order chi connectivity index (χ1) is 8.82. The molecule has 0 amide bonds. The van der Waals surface area contributed by atoms with Crippen molar-refractivity contribution in [2.45, 2.75) is 0 Å². The molecule has 0 atom stereocenters. The molecule has 0 saturated heterocycles. The van der Waals surface area contributed by atoms with Crippen molar-refractivity contribution in [3.8, 4) is 5.75 Å². The molecule has 1 heterocycles. The maximum Gasteiger partial charge on any atom is 0.352 e. The molecule has 7 heteroatoms. The first-order valence-corrected chi connectivity index (χ1v) is 5.92. The SMILES string of the molecule is Cn1c(C(=O)O)cc(=O)c2cc(=O)c(O)c(Br)cc21. The minimum Gasteiger partial charge on any atom is -0.503 e.